The van der Waals surface area contributed by atoms with Gasteiger partial charge in [0.2, 0.25) is 0 Å². The van der Waals surface area contributed by atoms with Crippen LogP contribution < -0.4 is 9.47 Å². The number of hydrogen-bond acceptors (Lipinski definition) is 5. The van der Waals surface area contributed by atoms with E-state index in [1.807, 2.05) is 42.5 Å². The Kier molecular flexibility index (Phi) is 7.94. The Bertz CT molecular complexity index is 924. The van der Waals surface area contributed by atoms with Crippen molar-refractivity contribution in [2.75, 3.05) is 20.3 Å². The molecule has 1 saturated heterocycles. The van der Waals surface area contributed by atoms with Crippen LogP contribution in [-0.2, 0) is 4.79 Å². The lowest BCUT2D eigenvalue weighted by Crippen LogP contribution is -2.22. The number of ether oxygens (including phenoxy) is 2. The number of amides is 1. The standard InChI is InChI=1S/C24H27NO3S2/c1-4-17(2)18-10-12-20(13-11-18)27-14-7-15-28-21-9-6-5-8-19(21)16-22-23(26)25(3)24(29)30-22/h5-6,8-13,16-17H,4,7,14-15H2,1-3H3/b22-16-. The van der Waals surface area contributed by atoms with Crippen LogP contribution in [0.25, 0.3) is 6.08 Å². The first kappa shape index (κ1) is 22.4. The van der Waals surface area contributed by atoms with Gasteiger partial charge >= 0.3 is 0 Å². The predicted molar refractivity (Wildman–Crippen MR) is 128 cm³/mol. The molecule has 1 aliphatic heterocycles. The summed E-state index contributed by atoms with van der Waals surface area (Å²) in [6, 6.07) is 16.0. The molecule has 2 aromatic carbocycles. The third kappa shape index (κ3) is 5.64. The zero-order valence-electron chi connectivity index (χ0n) is 17.6. The fourth-order valence-corrected chi connectivity index (χ4v) is 4.15. The maximum atomic E-state index is 12.2. The summed E-state index contributed by atoms with van der Waals surface area (Å²) in [5.74, 6) is 2.12. The third-order valence-corrected chi connectivity index (χ3v) is 6.55. The summed E-state index contributed by atoms with van der Waals surface area (Å²) in [4.78, 5) is 14.3. The van der Waals surface area contributed by atoms with Gasteiger partial charge < -0.3 is 9.47 Å². The van der Waals surface area contributed by atoms with Gasteiger partial charge in [-0.3, -0.25) is 9.69 Å². The van der Waals surface area contributed by atoms with Crippen LogP contribution in [0.15, 0.2) is 53.4 Å². The summed E-state index contributed by atoms with van der Waals surface area (Å²) in [6.45, 7) is 5.54. The number of benzene rings is 2. The zero-order chi connectivity index (χ0) is 21.5. The number of thioether (sulfide) groups is 1. The average molecular weight is 442 g/mol. The summed E-state index contributed by atoms with van der Waals surface area (Å²) in [5, 5.41) is 0. The maximum Gasteiger partial charge on any atom is 0.265 e. The van der Waals surface area contributed by atoms with Crippen molar-refractivity contribution in [3.8, 4) is 11.5 Å². The highest BCUT2D eigenvalue weighted by Gasteiger charge is 2.28. The molecule has 4 nitrogen and oxygen atoms in total. The van der Waals surface area contributed by atoms with Gasteiger partial charge in [-0.25, -0.2) is 0 Å². The quantitative estimate of drug-likeness (QED) is 0.276. The molecule has 2 aromatic rings. The van der Waals surface area contributed by atoms with Gasteiger partial charge in [-0.15, -0.1) is 0 Å². The molecule has 1 aliphatic rings. The molecule has 1 heterocycles. The van der Waals surface area contributed by atoms with Gasteiger partial charge in [-0.1, -0.05) is 68.2 Å². The number of para-hydroxylation sites is 1. The molecule has 158 valence electrons. The molecule has 0 spiro atoms. The van der Waals surface area contributed by atoms with Gasteiger partial charge in [-0.05, 0) is 42.2 Å². The van der Waals surface area contributed by atoms with E-state index in [1.54, 1.807) is 7.05 Å². The van der Waals surface area contributed by atoms with E-state index in [0.29, 0.717) is 28.4 Å². The normalized spacial score (nSPS) is 16.2. The molecule has 0 aliphatic carbocycles. The molecule has 0 N–H and O–H groups in total. The van der Waals surface area contributed by atoms with E-state index in [0.717, 1.165) is 29.9 Å². The largest absolute Gasteiger partial charge is 0.493 e. The van der Waals surface area contributed by atoms with Crippen LogP contribution >= 0.6 is 24.0 Å². The van der Waals surface area contributed by atoms with E-state index >= 15 is 0 Å². The number of carbonyl (C=O) groups excluding carboxylic acids is 1. The number of thiocarbonyl (C=S) groups is 1. The minimum atomic E-state index is -0.0763. The molecule has 6 heteroatoms. The second kappa shape index (κ2) is 10.6. The van der Waals surface area contributed by atoms with Crippen LogP contribution in [0.1, 0.15) is 43.7 Å². The molecule has 0 bridgehead atoms. The van der Waals surface area contributed by atoms with Gasteiger partial charge in [0.15, 0.2) is 0 Å². The second-order valence-electron chi connectivity index (χ2n) is 7.21. The predicted octanol–water partition coefficient (Wildman–Crippen LogP) is 5.88. The lowest BCUT2D eigenvalue weighted by Gasteiger charge is -2.12. The summed E-state index contributed by atoms with van der Waals surface area (Å²) < 4.78 is 12.3. The highest BCUT2D eigenvalue weighted by atomic mass is 32.2. The Morgan fingerprint density at radius 1 is 1.10 bits per heavy atom. The van der Waals surface area contributed by atoms with Crippen molar-refractivity contribution < 1.29 is 14.3 Å². The van der Waals surface area contributed by atoms with Crippen molar-refractivity contribution in [1.29, 1.82) is 0 Å². The fraction of sp³-hybridized carbons (Fsp3) is 0.333. The number of likely N-dealkylation sites (N-methyl/N-ethyl adjacent to an activating group) is 1. The number of hydrogen-bond donors (Lipinski definition) is 0. The van der Waals surface area contributed by atoms with E-state index in [1.165, 1.54) is 22.2 Å². The molecule has 0 radical (unpaired) electrons. The number of nitrogens with zero attached hydrogens (tertiary/aromatic N) is 1. The van der Waals surface area contributed by atoms with Crippen LogP contribution in [0.4, 0.5) is 0 Å². The van der Waals surface area contributed by atoms with Gasteiger partial charge in [0.25, 0.3) is 5.91 Å². The Balaban J connectivity index is 1.50. The zero-order valence-corrected chi connectivity index (χ0v) is 19.2. The lowest BCUT2D eigenvalue weighted by molar-refractivity contribution is -0.121. The second-order valence-corrected chi connectivity index (χ2v) is 8.88. The molecule has 1 unspecified atom stereocenters. The van der Waals surface area contributed by atoms with Crippen molar-refractivity contribution in [2.24, 2.45) is 0 Å². The number of carbonyl (C=O) groups is 1. The van der Waals surface area contributed by atoms with Gasteiger partial charge in [0.1, 0.15) is 15.8 Å². The molecule has 1 atom stereocenters. The Hall–Kier alpha value is -2.31. The van der Waals surface area contributed by atoms with Crippen LogP contribution in [0.5, 0.6) is 11.5 Å². The first-order valence-electron chi connectivity index (χ1n) is 10.2. The van der Waals surface area contributed by atoms with Crippen molar-refractivity contribution in [1.82, 2.24) is 4.90 Å². The van der Waals surface area contributed by atoms with E-state index in [-0.39, 0.29) is 5.91 Å². The van der Waals surface area contributed by atoms with E-state index in [9.17, 15) is 4.79 Å². The van der Waals surface area contributed by atoms with Gasteiger partial charge in [0.05, 0.1) is 18.1 Å². The Morgan fingerprint density at radius 3 is 2.47 bits per heavy atom. The monoisotopic (exact) mass is 441 g/mol. The minimum Gasteiger partial charge on any atom is -0.493 e. The highest BCUT2D eigenvalue weighted by molar-refractivity contribution is 8.26. The molecule has 1 fully saturated rings. The van der Waals surface area contributed by atoms with Crippen molar-refractivity contribution in [2.45, 2.75) is 32.6 Å². The smallest absolute Gasteiger partial charge is 0.265 e. The molecule has 3 rings (SSSR count). The molecule has 1 amide bonds. The van der Waals surface area contributed by atoms with Gasteiger partial charge in [-0.2, -0.15) is 0 Å². The first-order chi connectivity index (χ1) is 14.5. The Morgan fingerprint density at radius 2 is 1.80 bits per heavy atom. The first-order valence-corrected chi connectivity index (χ1v) is 11.4. The van der Waals surface area contributed by atoms with Crippen molar-refractivity contribution >= 4 is 40.3 Å². The fourth-order valence-electron chi connectivity index (χ4n) is 2.98. The third-order valence-electron chi connectivity index (χ3n) is 5.07. The topological polar surface area (TPSA) is 38.8 Å². The molecule has 30 heavy (non-hydrogen) atoms. The van der Waals surface area contributed by atoms with Gasteiger partial charge in [0, 0.05) is 19.0 Å². The molecular weight excluding hydrogens is 414 g/mol. The highest BCUT2D eigenvalue weighted by Crippen LogP contribution is 2.33. The van der Waals surface area contributed by atoms with Crippen LogP contribution in [-0.4, -0.2) is 35.4 Å². The molecule has 0 saturated carbocycles. The van der Waals surface area contributed by atoms with Crippen LogP contribution in [0.3, 0.4) is 0 Å². The maximum absolute atomic E-state index is 12.2. The summed E-state index contributed by atoms with van der Waals surface area (Å²) >= 11 is 6.50. The molecular formula is C24H27NO3S2. The lowest BCUT2D eigenvalue weighted by atomic mass is 9.99. The van der Waals surface area contributed by atoms with E-state index < -0.39 is 0 Å². The van der Waals surface area contributed by atoms with Crippen molar-refractivity contribution in [3.63, 3.8) is 0 Å². The van der Waals surface area contributed by atoms with Crippen molar-refractivity contribution in [3.05, 3.63) is 64.6 Å². The summed E-state index contributed by atoms with van der Waals surface area (Å²) in [5.41, 5.74) is 2.21. The Labute approximate surface area is 188 Å². The average Bonchev–Trinajstić information content (AvgIpc) is 3.01. The van der Waals surface area contributed by atoms with Crippen LogP contribution in [0, 0.1) is 0 Å². The van der Waals surface area contributed by atoms with Crippen LogP contribution in [0.2, 0.25) is 0 Å². The molecule has 0 aromatic heterocycles. The summed E-state index contributed by atoms with van der Waals surface area (Å²) in [6.07, 6.45) is 3.73. The minimum absolute atomic E-state index is 0.0763. The SMILES string of the molecule is CCC(C)c1ccc(OCCCOc2ccccc2/C=C2\SC(=S)N(C)C2=O)cc1. The van der Waals surface area contributed by atoms with E-state index in [2.05, 4.69) is 26.0 Å². The van der Waals surface area contributed by atoms with E-state index in [4.69, 9.17) is 21.7 Å². The number of rotatable bonds is 9. The summed E-state index contributed by atoms with van der Waals surface area (Å²) in [7, 11) is 1.69.